The van der Waals surface area contributed by atoms with Gasteiger partial charge in [-0.15, -0.1) is 0 Å². The molecular weight excluding hydrogens is 254 g/mol. The van der Waals surface area contributed by atoms with Gasteiger partial charge < -0.3 is 16.0 Å². The van der Waals surface area contributed by atoms with Gasteiger partial charge in [-0.3, -0.25) is 9.59 Å². The van der Waals surface area contributed by atoms with Gasteiger partial charge in [0.1, 0.15) is 0 Å². The van der Waals surface area contributed by atoms with Crippen LogP contribution in [-0.4, -0.2) is 30.9 Å². The topological polar surface area (TPSA) is 70.2 Å². The fourth-order valence-electron chi connectivity index (χ4n) is 1.73. The summed E-state index contributed by atoms with van der Waals surface area (Å²) in [5.41, 5.74) is 1.58. The standard InChI is InChI=1S/C15H23N3O2/c1-4-16-13-7-5-12(6-8-13)15(20)17-10-9-14(19)18-11(2)3/h5-8,11,16H,4,9-10H2,1-3H3,(H,17,20)(H,18,19). The zero-order valence-corrected chi connectivity index (χ0v) is 12.3. The number of amides is 2. The lowest BCUT2D eigenvalue weighted by Gasteiger charge is -2.09. The molecule has 1 aromatic rings. The van der Waals surface area contributed by atoms with Crippen molar-refractivity contribution < 1.29 is 9.59 Å². The molecule has 20 heavy (non-hydrogen) atoms. The Kier molecular flexibility index (Phi) is 6.56. The molecular formula is C15H23N3O2. The molecule has 3 N–H and O–H groups in total. The average molecular weight is 277 g/mol. The van der Waals surface area contributed by atoms with E-state index in [1.807, 2.05) is 32.9 Å². The summed E-state index contributed by atoms with van der Waals surface area (Å²) >= 11 is 0. The predicted octanol–water partition coefficient (Wildman–Crippen LogP) is 1.76. The minimum absolute atomic E-state index is 0.0530. The van der Waals surface area contributed by atoms with E-state index >= 15 is 0 Å². The third kappa shape index (κ3) is 5.73. The molecule has 0 saturated carbocycles. The molecule has 2 amide bonds. The molecule has 1 rings (SSSR count). The van der Waals surface area contributed by atoms with E-state index in [9.17, 15) is 9.59 Å². The summed E-state index contributed by atoms with van der Waals surface area (Å²) in [5, 5.41) is 8.68. The van der Waals surface area contributed by atoms with E-state index in [1.165, 1.54) is 0 Å². The average Bonchev–Trinajstić information content (AvgIpc) is 2.39. The molecule has 0 saturated heterocycles. The number of carbonyl (C=O) groups excluding carboxylic acids is 2. The lowest BCUT2D eigenvalue weighted by Crippen LogP contribution is -2.34. The van der Waals surface area contributed by atoms with E-state index in [0.29, 0.717) is 18.5 Å². The first-order chi connectivity index (χ1) is 9.52. The summed E-state index contributed by atoms with van der Waals surface area (Å²) in [6.45, 7) is 7.01. The Balaban J connectivity index is 2.37. The van der Waals surface area contributed by atoms with Crippen LogP contribution in [0.3, 0.4) is 0 Å². The van der Waals surface area contributed by atoms with Gasteiger partial charge in [-0.2, -0.15) is 0 Å². The Morgan fingerprint density at radius 1 is 1.15 bits per heavy atom. The highest BCUT2D eigenvalue weighted by atomic mass is 16.2. The van der Waals surface area contributed by atoms with Crippen LogP contribution < -0.4 is 16.0 Å². The quantitative estimate of drug-likeness (QED) is 0.711. The van der Waals surface area contributed by atoms with Crippen molar-refractivity contribution in [1.29, 1.82) is 0 Å². The second-order valence-electron chi connectivity index (χ2n) is 4.84. The van der Waals surface area contributed by atoms with Crippen LogP contribution in [-0.2, 0) is 4.79 Å². The van der Waals surface area contributed by atoms with Gasteiger partial charge in [0.25, 0.3) is 5.91 Å². The Morgan fingerprint density at radius 3 is 2.35 bits per heavy atom. The number of rotatable bonds is 7. The van der Waals surface area contributed by atoms with Crippen LogP contribution in [0.1, 0.15) is 37.6 Å². The van der Waals surface area contributed by atoms with Crippen molar-refractivity contribution in [3.63, 3.8) is 0 Å². The molecule has 1 aromatic carbocycles. The van der Waals surface area contributed by atoms with Crippen LogP contribution in [0.15, 0.2) is 24.3 Å². The Labute approximate surface area is 120 Å². The third-order valence-corrected chi connectivity index (χ3v) is 2.62. The smallest absolute Gasteiger partial charge is 0.251 e. The Bertz CT molecular complexity index is 441. The molecule has 5 heteroatoms. The van der Waals surface area contributed by atoms with Crippen molar-refractivity contribution in [2.75, 3.05) is 18.4 Å². The van der Waals surface area contributed by atoms with Crippen LogP contribution in [0, 0.1) is 0 Å². The molecule has 0 unspecified atom stereocenters. The van der Waals surface area contributed by atoms with Crippen LogP contribution in [0.4, 0.5) is 5.69 Å². The van der Waals surface area contributed by atoms with Gasteiger partial charge in [0.15, 0.2) is 0 Å². The maximum atomic E-state index is 11.9. The molecule has 0 atom stereocenters. The highest BCUT2D eigenvalue weighted by Crippen LogP contribution is 2.08. The Morgan fingerprint density at radius 2 is 1.80 bits per heavy atom. The number of nitrogens with one attached hydrogen (secondary N) is 3. The van der Waals surface area contributed by atoms with Gasteiger partial charge in [0, 0.05) is 36.8 Å². The molecule has 0 radical (unpaired) electrons. The summed E-state index contributed by atoms with van der Waals surface area (Å²) in [5.74, 6) is -0.215. The predicted molar refractivity (Wildman–Crippen MR) is 80.8 cm³/mol. The van der Waals surface area contributed by atoms with Crippen LogP contribution >= 0.6 is 0 Å². The normalized spacial score (nSPS) is 10.2. The fraction of sp³-hybridized carbons (Fsp3) is 0.467. The van der Waals surface area contributed by atoms with E-state index in [4.69, 9.17) is 0 Å². The molecule has 0 aliphatic heterocycles. The number of carbonyl (C=O) groups is 2. The summed E-state index contributed by atoms with van der Waals surface area (Å²) in [6, 6.07) is 7.38. The molecule has 110 valence electrons. The summed E-state index contributed by atoms with van der Waals surface area (Å²) in [7, 11) is 0. The largest absolute Gasteiger partial charge is 0.385 e. The first kappa shape index (κ1) is 16.0. The maximum Gasteiger partial charge on any atom is 0.251 e. The van der Waals surface area contributed by atoms with Crippen molar-refractivity contribution in [3.05, 3.63) is 29.8 Å². The first-order valence-electron chi connectivity index (χ1n) is 6.94. The molecule has 0 bridgehead atoms. The second-order valence-corrected chi connectivity index (χ2v) is 4.84. The molecule has 0 aliphatic rings. The number of hydrogen-bond acceptors (Lipinski definition) is 3. The van der Waals surface area contributed by atoms with E-state index in [1.54, 1.807) is 12.1 Å². The van der Waals surface area contributed by atoms with Gasteiger partial charge in [-0.05, 0) is 45.0 Å². The lowest BCUT2D eigenvalue weighted by atomic mass is 10.2. The minimum atomic E-state index is -0.162. The van der Waals surface area contributed by atoms with Crippen LogP contribution in [0.2, 0.25) is 0 Å². The van der Waals surface area contributed by atoms with Crippen molar-refractivity contribution >= 4 is 17.5 Å². The first-order valence-corrected chi connectivity index (χ1v) is 6.94. The summed E-state index contributed by atoms with van der Waals surface area (Å²) in [6.07, 6.45) is 0.291. The zero-order valence-electron chi connectivity index (χ0n) is 12.3. The van der Waals surface area contributed by atoms with Crippen LogP contribution in [0.5, 0.6) is 0 Å². The third-order valence-electron chi connectivity index (χ3n) is 2.62. The maximum absolute atomic E-state index is 11.9. The number of benzene rings is 1. The molecule has 0 aliphatic carbocycles. The molecule has 0 spiro atoms. The van der Waals surface area contributed by atoms with Gasteiger partial charge in [-0.1, -0.05) is 0 Å². The second kappa shape index (κ2) is 8.19. The van der Waals surface area contributed by atoms with Crippen molar-refractivity contribution in [3.8, 4) is 0 Å². The minimum Gasteiger partial charge on any atom is -0.385 e. The number of anilines is 1. The highest BCUT2D eigenvalue weighted by Gasteiger charge is 2.07. The van der Waals surface area contributed by atoms with E-state index in [0.717, 1.165) is 12.2 Å². The van der Waals surface area contributed by atoms with Gasteiger partial charge in [-0.25, -0.2) is 0 Å². The van der Waals surface area contributed by atoms with E-state index in [2.05, 4.69) is 16.0 Å². The SMILES string of the molecule is CCNc1ccc(C(=O)NCCC(=O)NC(C)C)cc1. The van der Waals surface area contributed by atoms with Crippen molar-refractivity contribution in [2.45, 2.75) is 33.2 Å². The summed E-state index contributed by atoms with van der Waals surface area (Å²) < 4.78 is 0. The summed E-state index contributed by atoms with van der Waals surface area (Å²) in [4.78, 5) is 23.3. The Hall–Kier alpha value is -2.04. The van der Waals surface area contributed by atoms with Gasteiger partial charge in [0.05, 0.1) is 0 Å². The molecule has 5 nitrogen and oxygen atoms in total. The van der Waals surface area contributed by atoms with Crippen molar-refractivity contribution in [2.24, 2.45) is 0 Å². The molecule has 0 heterocycles. The molecule has 0 fully saturated rings. The van der Waals surface area contributed by atoms with Gasteiger partial charge >= 0.3 is 0 Å². The highest BCUT2D eigenvalue weighted by molar-refractivity contribution is 5.94. The number of hydrogen-bond donors (Lipinski definition) is 3. The van der Waals surface area contributed by atoms with Crippen molar-refractivity contribution in [1.82, 2.24) is 10.6 Å². The fourth-order valence-corrected chi connectivity index (χ4v) is 1.73. The molecule has 0 aromatic heterocycles. The zero-order chi connectivity index (χ0) is 15.0. The van der Waals surface area contributed by atoms with E-state index in [-0.39, 0.29) is 17.9 Å². The lowest BCUT2D eigenvalue weighted by molar-refractivity contribution is -0.121. The monoisotopic (exact) mass is 277 g/mol. The van der Waals surface area contributed by atoms with E-state index < -0.39 is 0 Å². The van der Waals surface area contributed by atoms with Gasteiger partial charge in [0.2, 0.25) is 5.91 Å². The van der Waals surface area contributed by atoms with Crippen LogP contribution in [0.25, 0.3) is 0 Å².